The molecule has 0 spiro atoms. The van der Waals surface area contributed by atoms with Crippen LogP contribution in [0, 0.1) is 0 Å². The molecule has 0 aliphatic carbocycles. The van der Waals surface area contributed by atoms with E-state index in [2.05, 4.69) is 28.7 Å². The van der Waals surface area contributed by atoms with Crippen molar-refractivity contribution in [2.45, 2.75) is 57.9 Å². The summed E-state index contributed by atoms with van der Waals surface area (Å²) in [7, 11) is 3.80. The van der Waals surface area contributed by atoms with Gasteiger partial charge in [0.05, 0.1) is 22.9 Å². The average Bonchev–Trinajstić information content (AvgIpc) is 3.06. The zero-order chi connectivity index (χ0) is 25.8. The molecule has 6 nitrogen and oxygen atoms in total. The highest BCUT2D eigenvalue weighted by molar-refractivity contribution is 7.97. The van der Waals surface area contributed by atoms with E-state index in [0.29, 0.717) is 11.8 Å². The molecule has 0 unspecified atom stereocenters. The third-order valence-electron chi connectivity index (χ3n) is 5.29. The Kier molecular flexibility index (Phi) is 11.9. The maximum absolute atomic E-state index is 14.1. The summed E-state index contributed by atoms with van der Waals surface area (Å²) in [4.78, 5) is 16.8. The predicted molar refractivity (Wildman–Crippen MR) is 144 cm³/mol. The molecule has 35 heavy (non-hydrogen) atoms. The topological polar surface area (TPSA) is 54.0 Å². The molecule has 0 aromatic heterocycles. The SMILES string of the molecule is CC.CCCC[C@H]1CN(c2ccccc2)c2cc(N(C)C)c(O/C=C(\F)C(=O)OCC)cc2SN1. The summed E-state index contributed by atoms with van der Waals surface area (Å²) < 4.78 is 28.0. The Morgan fingerprint density at radius 3 is 2.57 bits per heavy atom. The number of carbonyl (C=O) groups excluding carboxylic acids is 1. The van der Waals surface area contributed by atoms with E-state index < -0.39 is 11.8 Å². The highest BCUT2D eigenvalue weighted by atomic mass is 32.2. The van der Waals surface area contributed by atoms with Crippen LogP contribution in [-0.4, -0.2) is 39.3 Å². The fraction of sp³-hybridized carbons (Fsp3) is 0.444. The number of carbonyl (C=O) groups is 1. The summed E-state index contributed by atoms with van der Waals surface area (Å²) in [6.45, 7) is 8.75. The van der Waals surface area contributed by atoms with Crippen LogP contribution in [0.3, 0.4) is 0 Å². The number of para-hydroxylation sites is 1. The molecule has 2 aromatic carbocycles. The zero-order valence-electron chi connectivity index (χ0n) is 21.6. The minimum atomic E-state index is -1.08. The van der Waals surface area contributed by atoms with Crippen molar-refractivity contribution in [2.24, 2.45) is 0 Å². The Hall–Kier alpha value is -2.71. The summed E-state index contributed by atoms with van der Waals surface area (Å²) >= 11 is 1.55. The monoisotopic (exact) mass is 503 g/mol. The minimum absolute atomic E-state index is 0.0959. The first-order valence-corrected chi connectivity index (χ1v) is 13.1. The maximum Gasteiger partial charge on any atom is 0.370 e. The molecule has 8 heteroatoms. The average molecular weight is 504 g/mol. The molecule has 0 saturated heterocycles. The van der Waals surface area contributed by atoms with Crippen LogP contribution in [0.1, 0.15) is 47.0 Å². The van der Waals surface area contributed by atoms with E-state index in [-0.39, 0.29) is 6.61 Å². The molecule has 1 atom stereocenters. The molecular weight excluding hydrogens is 465 g/mol. The number of fused-ring (bicyclic) bond motifs is 1. The largest absolute Gasteiger partial charge is 0.461 e. The molecule has 1 N–H and O–H groups in total. The number of halogens is 1. The van der Waals surface area contributed by atoms with E-state index in [9.17, 15) is 9.18 Å². The third-order valence-corrected chi connectivity index (χ3v) is 6.28. The van der Waals surface area contributed by atoms with Gasteiger partial charge >= 0.3 is 5.97 Å². The quantitative estimate of drug-likeness (QED) is 0.174. The number of nitrogens with zero attached hydrogens (tertiary/aromatic N) is 2. The molecule has 2 aromatic rings. The van der Waals surface area contributed by atoms with Gasteiger partial charge in [-0.25, -0.2) is 4.79 Å². The number of esters is 1. The molecule has 3 rings (SSSR count). The Labute approximate surface area is 213 Å². The molecule has 1 heterocycles. The molecule has 0 fully saturated rings. The van der Waals surface area contributed by atoms with Gasteiger partial charge in [-0.2, -0.15) is 4.39 Å². The number of benzene rings is 2. The van der Waals surface area contributed by atoms with Crippen molar-refractivity contribution in [3.8, 4) is 5.75 Å². The van der Waals surface area contributed by atoms with E-state index in [0.717, 1.165) is 54.0 Å². The van der Waals surface area contributed by atoms with Crippen LogP contribution < -0.4 is 19.3 Å². The summed E-state index contributed by atoms with van der Waals surface area (Å²) in [5.74, 6) is -1.66. The van der Waals surface area contributed by atoms with Crippen molar-refractivity contribution in [1.82, 2.24) is 4.72 Å². The molecule has 0 amide bonds. The first-order chi connectivity index (χ1) is 16.9. The number of rotatable bonds is 9. The first kappa shape index (κ1) is 28.5. The van der Waals surface area contributed by atoms with Gasteiger partial charge in [0.2, 0.25) is 5.83 Å². The second kappa shape index (κ2) is 14.6. The number of ether oxygens (including phenoxy) is 2. The lowest BCUT2D eigenvalue weighted by Gasteiger charge is -2.29. The number of hydrogen-bond acceptors (Lipinski definition) is 7. The minimum Gasteiger partial charge on any atom is -0.461 e. The van der Waals surface area contributed by atoms with Crippen molar-refractivity contribution >= 4 is 35.0 Å². The normalized spacial score (nSPS) is 15.3. The van der Waals surface area contributed by atoms with Crippen LogP contribution in [0.15, 0.2) is 59.4 Å². The fourth-order valence-electron chi connectivity index (χ4n) is 3.59. The van der Waals surface area contributed by atoms with Gasteiger partial charge in [-0.05, 0) is 49.6 Å². The molecule has 1 aliphatic rings. The first-order valence-electron chi connectivity index (χ1n) is 12.2. The molecule has 192 valence electrons. The summed E-state index contributed by atoms with van der Waals surface area (Å²) in [6.07, 6.45) is 4.16. The van der Waals surface area contributed by atoms with Crippen LogP contribution in [0.2, 0.25) is 0 Å². The zero-order valence-corrected chi connectivity index (χ0v) is 22.5. The lowest BCUT2D eigenvalue weighted by Crippen LogP contribution is -2.34. The lowest BCUT2D eigenvalue weighted by molar-refractivity contribution is -0.140. The summed E-state index contributed by atoms with van der Waals surface area (Å²) in [5.41, 5.74) is 2.93. The van der Waals surface area contributed by atoms with Crippen LogP contribution in [0.4, 0.5) is 21.5 Å². The van der Waals surface area contributed by atoms with Crippen molar-refractivity contribution < 1.29 is 18.7 Å². The van der Waals surface area contributed by atoms with Gasteiger partial charge in [0.25, 0.3) is 0 Å². The molecular formula is C27H38FN3O3S. The Balaban J connectivity index is 0.00000210. The molecule has 0 radical (unpaired) electrons. The smallest absolute Gasteiger partial charge is 0.370 e. The number of nitrogens with one attached hydrogen (secondary N) is 1. The number of hydrogen-bond donors (Lipinski definition) is 1. The van der Waals surface area contributed by atoms with E-state index in [1.54, 1.807) is 18.9 Å². The van der Waals surface area contributed by atoms with Crippen molar-refractivity contribution in [2.75, 3.05) is 37.0 Å². The molecule has 0 saturated carbocycles. The fourth-order valence-corrected chi connectivity index (χ4v) is 4.52. The third kappa shape index (κ3) is 7.90. The predicted octanol–water partition coefficient (Wildman–Crippen LogP) is 6.84. The Morgan fingerprint density at radius 1 is 1.23 bits per heavy atom. The van der Waals surface area contributed by atoms with E-state index in [1.165, 1.54) is 0 Å². The van der Waals surface area contributed by atoms with Crippen molar-refractivity contribution in [3.05, 3.63) is 54.6 Å². The van der Waals surface area contributed by atoms with Crippen LogP contribution in [0.5, 0.6) is 5.75 Å². The second-order valence-electron chi connectivity index (χ2n) is 7.99. The van der Waals surface area contributed by atoms with Gasteiger partial charge in [-0.1, -0.05) is 51.8 Å². The Bertz CT molecular complexity index is 970. The van der Waals surface area contributed by atoms with E-state index in [4.69, 9.17) is 9.47 Å². The van der Waals surface area contributed by atoms with E-state index >= 15 is 0 Å². The second-order valence-corrected chi connectivity index (χ2v) is 8.87. The van der Waals surface area contributed by atoms with Crippen LogP contribution >= 0.6 is 11.9 Å². The lowest BCUT2D eigenvalue weighted by atomic mass is 10.1. The molecule has 0 bridgehead atoms. The van der Waals surface area contributed by atoms with Gasteiger partial charge < -0.3 is 19.3 Å². The summed E-state index contributed by atoms with van der Waals surface area (Å²) in [6, 6.07) is 14.5. The highest BCUT2D eigenvalue weighted by Gasteiger charge is 2.26. The van der Waals surface area contributed by atoms with Gasteiger partial charge in [-0.3, -0.25) is 4.72 Å². The Morgan fingerprint density at radius 2 is 1.94 bits per heavy atom. The highest BCUT2D eigenvalue weighted by Crippen LogP contribution is 2.43. The van der Waals surface area contributed by atoms with Crippen molar-refractivity contribution in [1.29, 1.82) is 0 Å². The van der Waals surface area contributed by atoms with Gasteiger partial charge in [0, 0.05) is 32.4 Å². The van der Waals surface area contributed by atoms with E-state index in [1.807, 2.05) is 63.2 Å². The standard InChI is InChI=1S/C25H32FN3O3S.C2H6/c1-5-7-11-18-16-29(19-12-9-8-10-13-19)22-14-21(28(3)4)23(15-24(22)33-27-18)32-17-20(26)25(30)31-6-2;1-2/h8-10,12-15,17-18,27H,5-7,11,16H2,1-4H3;1-2H3/b20-17-;/t18-;/m0./s1. The van der Waals surface area contributed by atoms with Crippen LogP contribution in [0.25, 0.3) is 0 Å². The summed E-state index contributed by atoms with van der Waals surface area (Å²) in [5, 5.41) is 0. The molecule has 1 aliphatic heterocycles. The van der Waals surface area contributed by atoms with Gasteiger partial charge in [0.1, 0.15) is 6.26 Å². The number of unbranched alkanes of at least 4 members (excludes halogenated alkanes) is 1. The van der Waals surface area contributed by atoms with Crippen LogP contribution in [-0.2, 0) is 9.53 Å². The number of anilines is 3. The maximum atomic E-state index is 14.1. The van der Waals surface area contributed by atoms with Gasteiger partial charge in [0.15, 0.2) is 5.75 Å². The van der Waals surface area contributed by atoms with Crippen molar-refractivity contribution in [3.63, 3.8) is 0 Å². The van der Waals surface area contributed by atoms with Gasteiger partial charge in [-0.15, -0.1) is 0 Å².